The second kappa shape index (κ2) is 8.07. The van der Waals surface area contributed by atoms with E-state index in [4.69, 9.17) is 9.97 Å². The zero-order valence-corrected chi connectivity index (χ0v) is 17.8. The van der Waals surface area contributed by atoms with Crippen molar-refractivity contribution in [1.29, 1.82) is 0 Å². The maximum Gasteiger partial charge on any atom is 0.225 e. The van der Waals surface area contributed by atoms with Crippen LogP contribution in [-0.4, -0.2) is 69.9 Å². The number of carbonyl (C=O) groups excluding carboxylic acids is 1. The Balaban J connectivity index is 1.36. The van der Waals surface area contributed by atoms with Gasteiger partial charge in [0.25, 0.3) is 0 Å². The summed E-state index contributed by atoms with van der Waals surface area (Å²) in [5.74, 6) is 1.64. The number of ketones is 1. The molecule has 0 spiro atoms. The SMILES string of the molecule is CC(C)C(=O)[C@@H]1CCN(Cc2cnc(N3C4CCC3CN(C(C)C)C4)nc2)C1. The third kappa shape index (κ3) is 3.94. The van der Waals surface area contributed by atoms with Crippen LogP contribution in [0.4, 0.5) is 5.95 Å². The highest BCUT2D eigenvalue weighted by atomic mass is 16.1. The minimum atomic E-state index is 0.138. The van der Waals surface area contributed by atoms with Gasteiger partial charge in [0, 0.05) is 74.1 Å². The summed E-state index contributed by atoms with van der Waals surface area (Å²) in [5, 5.41) is 0. The molecule has 3 fully saturated rings. The number of nitrogens with zero attached hydrogens (tertiary/aromatic N) is 5. The third-order valence-electron chi connectivity index (χ3n) is 6.81. The van der Waals surface area contributed by atoms with Gasteiger partial charge in [-0.2, -0.15) is 0 Å². The Morgan fingerprint density at radius 1 is 1.04 bits per heavy atom. The van der Waals surface area contributed by atoms with Crippen molar-refractivity contribution in [2.75, 3.05) is 31.1 Å². The lowest BCUT2D eigenvalue weighted by Crippen LogP contribution is -2.56. The van der Waals surface area contributed by atoms with Crippen molar-refractivity contribution < 1.29 is 4.79 Å². The molecule has 28 heavy (non-hydrogen) atoms. The van der Waals surface area contributed by atoms with Gasteiger partial charge < -0.3 is 4.90 Å². The van der Waals surface area contributed by atoms with Gasteiger partial charge >= 0.3 is 0 Å². The van der Waals surface area contributed by atoms with Crippen molar-refractivity contribution in [1.82, 2.24) is 19.8 Å². The summed E-state index contributed by atoms with van der Waals surface area (Å²) in [6.07, 6.45) is 7.47. The van der Waals surface area contributed by atoms with Crippen LogP contribution in [0.5, 0.6) is 0 Å². The highest BCUT2D eigenvalue weighted by Crippen LogP contribution is 2.33. The first kappa shape index (κ1) is 19.8. The van der Waals surface area contributed by atoms with Crippen molar-refractivity contribution in [3.05, 3.63) is 18.0 Å². The number of anilines is 1. The molecule has 4 heterocycles. The summed E-state index contributed by atoms with van der Waals surface area (Å²) in [7, 11) is 0. The zero-order valence-electron chi connectivity index (χ0n) is 17.8. The molecule has 0 amide bonds. The number of hydrogen-bond donors (Lipinski definition) is 0. The number of fused-ring (bicyclic) bond motifs is 2. The van der Waals surface area contributed by atoms with Gasteiger partial charge in [0.15, 0.2) is 0 Å². The number of Topliss-reactive ketones (excluding diaryl/α,β-unsaturated/α-hetero) is 1. The van der Waals surface area contributed by atoms with Gasteiger partial charge in [-0.1, -0.05) is 13.8 Å². The van der Waals surface area contributed by atoms with E-state index in [1.54, 1.807) is 0 Å². The Morgan fingerprint density at radius 3 is 2.25 bits per heavy atom. The predicted molar refractivity (Wildman–Crippen MR) is 111 cm³/mol. The molecule has 3 aliphatic heterocycles. The highest BCUT2D eigenvalue weighted by Gasteiger charge is 2.41. The van der Waals surface area contributed by atoms with E-state index in [0.717, 1.165) is 50.7 Å². The van der Waals surface area contributed by atoms with E-state index in [1.165, 1.54) is 12.8 Å². The maximum atomic E-state index is 12.2. The Kier molecular flexibility index (Phi) is 5.70. The van der Waals surface area contributed by atoms with E-state index in [9.17, 15) is 4.79 Å². The quantitative estimate of drug-likeness (QED) is 0.750. The molecule has 1 aromatic heterocycles. The molecule has 1 aromatic rings. The number of likely N-dealkylation sites (tertiary alicyclic amines) is 2. The molecule has 3 atom stereocenters. The fraction of sp³-hybridized carbons (Fsp3) is 0.773. The van der Waals surface area contributed by atoms with E-state index >= 15 is 0 Å². The fourth-order valence-electron chi connectivity index (χ4n) is 5.18. The number of aromatic nitrogens is 2. The van der Waals surface area contributed by atoms with Gasteiger partial charge in [0.1, 0.15) is 5.78 Å². The van der Waals surface area contributed by atoms with Crippen molar-refractivity contribution in [3.8, 4) is 0 Å². The molecular weight excluding hydrogens is 350 g/mol. The highest BCUT2D eigenvalue weighted by molar-refractivity contribution is 5.83. The van der Waals surface area contributed by atoms with Crippen LogP contribution in [0.25, 0.3) is 0 Å². The molecule has 3 aliphatic rings. The fourth-order valence-corrected chi connectivity index (χ4v) is 5.18. The van der Waals surface area contributed by atoms with Gasteiger partial charge in [-0.15, -0.1) is 0 Å². The molecular formula is C22H35N5O. The predicted octanol–water partition coefficient (Wildman–Crippen LogP) is 2.58. The normalized spacial score (nSPS) is 28.6. The van der Waals surface area contributed by atoms with Crippen LogP contribution in [0, 0.1) is 11.8 Å². The van der Waals surface area contributed by atoms with Crippen LogP contribution in [-0.2, 0) is 11.3 Å². The summed E-state index contributed by atoms with van der Waals surface area (Å²) in [6, 6.07) is 1.71. The van der Waals surface area contributed by atoms with Crippen molar-refractivity contribution >= 4 is 11.7 Å². The first-order valence-electron chi connectivity index (χ1n) is 11.0. The summed E-state index contributed by atoms with van der Waals surface area (Å²) in [4.78, 5) is 29.1. The lowest BCUT2D eigenvalue weighted by Gasteiger charge is -2.42. The van der Waals surface area contributed by atoms with Crippen LogP contribution in [0.2, 0.25) is 0 Å². The Hall–Kier alpha value is -1.53. The minimum Gasteiger partial charge on any atom is -0.332 e. The van der Waals surface area contributed by atoms with Gasteiger partial charge in [-0.05, 0) is 39.7 Å². The molecule has 0 aromatic carbocycles. The average Bonchev–Trinajstić information content (AvgIpc) is 3.23. The van der Waals surface area contributed by atoms with Crippen molar-refractivity contribution in [2.24, 2.45) is 11.8 Å². The molecule has 0 aliphatic carbocycles. The minimum absolute atomic E-state index is 0.138. The molecule has 0 N–H and O–H groups in total. The molecule has 2 unspecified atom stereocenters. The topological polar surface area (TPSA) is 52.6 Å². The van der Waals surface area contributed by atoms with Gasteiger partial charge in [0.05, 0.1) is 0 Å². The van der Waals surface area contributed by atoms with Crippen LogP contribution >= 0.6 is 0 Å². The standard InChI is InChI=1S/C22H35N5O/c1-15(2)21(28)18-7-8-25(12-18)11-17-9-23-22(24-10-17)27-19-5-6-20(27)14-26(13-19)16(3)4/h9-10,15-16,18-20H,5-8,11-14H2,1-4H3/t18-,19?,20?/m1/s1. The molecule has 2 bridgehead atoms. The molecule has 0 saturated carbocycles. The number of rotatable bonds is 6. The van der Waals surface area contributed by atoms with Crippen LogP contribution in [0.3, 0.4) is 0 Å². The van der Waals surface area contributed by atoms with Gasteiger partial charge in [-0.25, -0.2) is 9.97 Å². The molecule has 4 rings (SSSR count). The van der Waals surface area contributed by atoms with E-state index < -0.39 is 0 Å². The summed E-state index contributed by atoms with van der Waals surface area (Å²) in [6.45, 7) is 13.5. The first-order valence-corrected chi connectivity index (χ1v) is 11.0. The Morgan fingerprint density at radius 2 is 1.68 bits per heavy atom. The average molecular weight is 386 g/mol. The van der Waals surface area contributed by atoms with Gasteiger partial charge in [-0.3, -0.25) is 14.6 Å². The summed E-state index contributed by atoms with van der Waals surface area (Å²) < 4.78 is 0. The largest absolute Gasteiger partial charge is 0.332 e. The molecule has 3 saturated heterocycles. The first-order chi connectivity index (χ1) is 13.4. The monoisotopic (exact) mass is 385 g/mol. The smallest absolute Gasteiger partial charge is 0.225 e. The van der Waals surface area contributed by atoms with E-state index in [2.05, 4.69) is 28.5 Å². The molecule has 0 radical (unpaired) electrons. The lowest BCUT2D eigenvalue weighted by molar-refractivity contribution is -0.125. The lowest BCUT2D eigenvalue weighted by atomic mass is 9.95. The Bertz CT molecular complexity index is 675. The van der Waals surface area contributed by atoms with Crippen LogP contribution in [0.15, 0.2) is 12.4 Å². The maximum absolute atomic E-state index is 12.2. The molecule has 6 nitrogen and oxygen atoms in total. The van der Waals surface area contributed by atoms with E-state index in [0.29, 0.717) is 23.9 Å². The summed E-state index contributed by atoms with van der Waals surface area (Å²) in [5.41, 5.74) is 1.15. The van der Waals surface area contributed by atoms with Crippen LogP contribution < -0.4 is 4.90 Å². The number of piperazine rings is 1. The Labute approximate surface area is 169 Å². The van der Waals surface area contributed by atoms with Crippen LogP contribution in [0.1, 0.15) is 52.5 Å². The molecule has 6 heteroatoms. The van der Waals surface area contributed by atoms with E-state index in [1.807, 2.05) is 26.2 Å². The van der Waals surface area contributed by atoms with E-state index in [-0.39, 0.29) is 11.8 Å². The number of hydrogen-bond acceptors (Lipinski definition) is 6. The summed E-state index contributed by atoms with van der Waals surface area (Å²) >= 11 is 0. The third-order valence-corrected chi connectivity index (χ3v) is 6.81. The molecule has 154 valence electrons. The number of carbonyl (C=O) groups is 1. The van der Waals surface area contributed by atoms with Crippen molar-refractivity contribution in [3.63, 3.8) is 0 Å². The van der Waals surface area contributed by atoms with Gasteiger partial charge in [0.2, 0.25) is 5.95 Å². The zero-order chi connectivity index (χ0) is 19.8. The second-order valence-electron chi connectivity index (χ2n) is 9.51. The second-order valence-corrected chi connectivity index (χ2v) is 9.51. The van der Waals surface area contributed by atoms with Crippen molar-refractivity contribution in [2.45, 2.75) is 71.6 Å².